The zero-order chi connectivity index (χ0) is 12.2. The summed E-state index contributed by atoms with van der Waals surface area (Å²) in [4.78, 5) is 4.45. The van der Waals surface area contributed by atoms with Gasteiger partial charge in [-0.05, 0) is 38.1 Å². The van der Waals surface area contributed by atoms with Crippen LogP contribution in [-0.4, -0.2) is 29.9 Å². The standard InChI is InChI=1S/C13H21N3O2/c1-2-7-14-11(3-1)13-15-12(16-18-13)6-8-17-9-10-4-5-10/h10-11,14H,1-9H2. The van der Waals surface area contributed by atoms with Crippen LogP contribution in [0.2, 0.25) is 0 Å². The van der Waals surface area contributed by atoms with E-state index in [-0.39, 0.29) is 6.04 Å². The summed E-state index contributed by atoms with van der Waals surface area (Å²) in [6, 6.07) is 0.257. The molecule has 1 aromatic rings. The molecule has 1 saturated carbocycles. The highest BCUT2D eigenvalue weighted by Gasteiger charge is 2.22. The van der Waals surface area contributed by atoms with E-state index in [4.69, 9.17) is 9.26 Å². The highest BCUT2D eigenvalue weighted by atomic mass is 16.5. The number of nitrogens with one attached hydrogen (secondary N) is 1. The third-order valence-corrected chi connectivity index (χ3v) is 3.61. The molecule has 2 fully saturated rings. The number of piperidine rings is 1. The maximum absolute atomic E-state index is 5.58. The van der Waals surface area contributed by atoms with Crippen molar-refractivity contribution in [2.24, 2.45) is 5.92 Å². The number of nitrogens with zero attached hydrogens (tertiary/aromatic N) is 2. The molecule has 2 aliphatic rings. The fourth-order valence-electron chi connectivity index (χ4n) is 2.27. The predicted octanol–water partition coefficient (Wildman–Crippen LogP) is 1.85. The van der Waals surface area contributed by atoms with Crippen molar-refractivity contribution in [2.75, 3.05) is 19.8 Å². The smallest absolute Gasteiger partial charge is 0.243 e. The quantitative estimate of drug-likeness (QED) is 0.782. The van der Waals surface area contributed by atoms with Gasteiger partial charge in [0, 0.05) is 13.0 Å². The first-order valence-corrected chi connectivity index (χ1v) is 7.05. The van der Waals surface area contributed by atoms with Gasteiger partial charge in [0.15, 0.2) is 5.82 Å². The van der Waals surface area contributed by atoms with Gasteiger partial charge >= 0.3 is 0 Å². The van der Waals surface area contributed by atoms with Gasteiger partial charge in [-0.2, -0.15) is 4.98 Å². The Hall–Kier alpha value is -0.940. The molecule has 1 unspecified atom stereocenters. The minimum Gasteiger partial charge on any atom is -0.381 e. The third kappa shape index (κ3) is 3.29. The van der Waals surface area contributed by atoms with Gasteiger partial charge in [-0.25, -0.2) is 0 Å². The van der Waals surface area contributed by atoms with Crippen LogP contribution in [0.3, 0.4) is 0 Å². The molecule has 1 aromatic heterocycles. The van der Waals surface area contributed by atoms with Gasteiger partial charge in [-0.3, -0.25) is 0 Å². The Kier molecular flexibility index (Phi) is 3.90. The maximum atomic E-state index is 5.58. The largest absolute Gasteiger partial charge is 0.381 e. The molecule has 0 radical (unpaired) electrons. The first kappa shape index (κ1) is 12.1. The van der Waals surface area contributed by atoms with Gasteiger partial charge in [-0.1, -0.05) is 11.6 Å². The van der Waals surface area contributed by atoms with Crippen LogP contribution in [0.25, 0.3) is 0 Å². The molecule has 0 aromatic carbocycles. The minimum atomic E-state index is 0.257. The van der Waals surface area contributed by atoms with E-state index in [1.54, 1.807) is 0 Å². The third-order valence-electron chi connectivity index (χ3n) is 3.61. The lowest BCUT2D eigenvalue weighted by molar-refractivity contribution is 0.125. The molecule has 0 amide bonds. The summed E-state index contributed by atoms with van der Waals surface area (Å²) >= 11 is 0. The van der Waals surface area contributed by atoms with E-state index in [2.05, 4.69) is 15.5 Å². The van der Waals surface area contributed by atoms with Crippen LogP contribution >= 0.6 is 0 Å². The summed E-state index contributed by atoms with van der Waals surface area (Å²) in [5.41, 5.74) is 0. The van der Waals surface area contributed by atoms with Crippen LogP contribution < -0.4 is 5.32 Å². The second kappa shape index (κ2) is 5.80. The normalized spacial score (nSPS) is 24.3. The summed E-state index contributed by atoms with van der Waals surface area (Å²) in [6.45, 7) is 2.65. The summed E-state index contributed by atoms with van der Waals surface area (Å²) in [5.74, 6) is 2.33. The molecule has 1 N–H and O–H groups in total. The van der Waals surface area contributed by atoms with Crippen molar-refractivity contribution >= 4 is 0 Å². The molecule has 1 saturated heterocycles. The fraction of sp³-hybridized carbons (Fsp3) is 0.846. The zero-order valence-corrected chi connectivity index (χ0v) is 10.7. The Morgan fingerprint density at radius 3 is 3.00 bits per heavy atom. The highest BCUT2D eigenvalue weighted by Crippen LogP contribution is 2.28. The van der Waals surface area contributed by atoms with Gasteiger partial charge in [-0.15, -0.1) is 0 Å². The molecule has 100 valence electrons. The monoisotopic (exact) mass is 251 g/mol. The second-order valence-electron chi connectivity index (χ2n) is 5.32. The molecule has 18 heavy (non-hydrogen) atoms. The SMILES string of the molecule is C1CCC(c2nc(CCOCC3CC3)no2)NC1. The molecule has 1 aliphatic carbocycles. The van der Waals surface area contributed by atoms with Gasteiger partial charge in [0.05, 0.1) is 12.6 Å². The zero-order valence-electron chi connectivity index (χ0n) is 10.7. The maximum Gasteiger partial charge on any atom is 0.243 e. The number of hydrogen-bond acceptors (Lipinski definition) is 5. The second-order valence-corrected chi connectivity index (χ2v) is 5.32. The van der Waals surface area contributed by atoms with Crippen LogP contribution in [0.1, 0.15) is 49.9 Å². The highest BCUT2D eigenvalue weighted by molar-refractivity contribution is 4.94. The van der Waals surface area contributed by atoms with Crippen LogP contribution in [0.5, 0.6) is 0 Å². The topological polar surface area (TPSA) is 60.2 Å². The van der Waals surface area contributed by atoms with Crippen LogP contribution in [0.4, 0.5) is 0 Å². The summed E-state index contributed by atoms with van der Waals surface area (Å²) in [7, 11) is 0. The number of rotatable bonds is 6. The molecule has 3 rings (SSSR count). The lowest BCUT2D eigenvalue weighted by Crippen LogP contribution is -2.27. The number of aromatic nitrogens is 2. The molecule has 5 heteroatoms. The van der Waals surface area contributed by atoms with E-state index in [9.17, 15) is 0 Å². The van der Waals surface area contributed by atoms with E-state index in [0.29, 0.717) is 6.61 Å². The van der Waals surface area contributed by atoms with Crippen LogP contribution in [-0.2, 0) is 11.2 Å². The Labute approximate surface area is 107 Å². The van der Waals surface area contributed by atoms with Crippen molar-refractivity contribution in [3.63, 3.8) is 0 Å². The Morgan fingerprint density at radius 1 is 1.28 bits per heavy atom. The lowest BCUT2D eigenvalue weighted by Gasteiger charge is -2.19. The van der Waals surface area contributed by atoms with Crippen molar-refractivity contribution in [1.29, 1.82) is 0 Å². The van der Waals surface area contributed by atoms with E-state index < -0.39 is 0 Å². The van der Waals surface area contributed by atoms with Crippen molar-refractivity contribution in [2.45, 2.75) is 44.6 Å². The molecular weight excluding hydrogens is 230 g/mol. The molecule has 1 aliphatic heterocycles. The summed E-state index contributed by atoms with van der Waals surface area (Å²) < 4.78 is 10.9. The van der Waals surface area contributed by atoms with Crippen molar-refractivity contribution in [3.8, 4) is 0 Å². The van der Waals surface area contributed by atoms with Crippen LogP contribution in [0, 0.1) is 5.92 Å². The Bertz CT molecular complexity index is 370. The van der Waals surface area contributed by atoms with Gasteiger partial charge in [0.2, 0.25) is 5.89 Å². The lowest BCUT2D eigenvalue weighted by atomic mass is 10.1. The first-order chi connectivity index (χ1) is 8.92. The molecule has 1 atom stereocenters. The van der Waals surface area contributed by atoms with E-state index in [1.165, 1.54) is 25.7 Å². The molecule has 0 spiro atoms. The van der Waals surface area contributed by atoms with E-state index in [1.807, 2.05) is 0 Å². The summed E-state index contributed by atoms with van der Waals surface area (Å²) in [5, 5.41) is 7.43. The Balaban J connectivity index is 1.43. The van der Waals surface area contributed by atoms with Crippen molar-refractivity contribution in [1.82, 2.24) is 15.5 Å². The van der Waals surface area contributed by atoms with E-state index >= 15 is 0 Å². The fourth-order valence-corrected chi connectivity index (χ4v) is 2.27. The average molecular weight is 251 g/mol. The molecule has 2 heterocycles. The first-order valence-electron chi connectivity index (χ1n) is 7.05. The van der Waals surface area contributed by atoms with Crippen molar-refractivity contribution < 1.29 is 9.26 Å². The Morgan fingerprint density at radius 2 is 2.22 bits per heavy atom. The van der Waals surface area contributed by atoms with Gasteiger partial charge < -0.3 is 14.6 Å². The number of ether oxygens (including phenoxy) is 1. The molecule has 0 bridgehead atoms. The predicted molar refractivity (Wildman–Crippen MR) is 66.1 cm³/mol. The summed E-state index contributed by atoms with van der Waals surface area (Å²) in [6.07, 6.45) is 6.99. The van der Waals surface area contributed by atoms with Gasteiger partial charge in [0.1, 0.15) is 0 Å². The molecular formula is C13H21N3O2. The minimum absolute atomic E-state index is 0.257. The average Bonchev–Trinajstić information content (AvgIpc) is 3.12. The van der Waals surface area contributed by atoms with E-state index in [0.717, 1.165) is 43.6 Å². The van der Waals surface area contributed by atoms with Crippen molar-refractivity contribution in [3.05, 3.63) is 11.7 Å². The number of hydrogen-bond donors (Lipinski definition) is 1. The van der Waals surface area contributed by atoms with Gasteiger partial charge in [0.25, 0.3) is 0 Å². The van der Waals surface area contributed by atoms with Crippen LogP contribution in [0.15, 0.2) is 4.52 Å². The molecule has 5 nitrogen and oxygen atoms in total.